The van der Waals surface area contributed by atoms with E-state index < -0.39 is 0 Å². The van der Waals surface area contributed by atoms with E-state index in [-0.39, 0.29) is 5.82 Å². The van der Waals surface area contributed by atoms with Crippen LogP contribution in [0.5, 0.6) is 0 Å². The second-order valence-electron chi connectivity index (χ2n) is 4.06. The first kappa shape index (κ1) is 13.4. The van der Waals surface area contributed by atoms with E-state index in [9.17, 15) is 4.39 Å². The van der Waals surface area contributed by atoms with Crippen molar-refractivity contribution in [1.82, 2.24) is 0 Å². The molecule has 1 nitrogen and oxygen atoms in total. The summed E-state index contributed by atoms with van der Waals surface area (Å²) in [6.07, 6.45) is 0. The Labute approximate surface area is 119 Å². The maximum atomic E-state index is 13.4. The van der Waals surface area contributed by atoms with Crippen LogP contribution in [0.2, 0.25) is 5.02 Å². The Morgan fingerprint density at radius 3 is 2.78 bits per heavy atom. The first-order valence-electron chi connectivity index (χ1n) is 5.50. The van der Waals surface area contributed by atoms with E-state index in [1.54, 1.807) is 6.07 Å². The molecule has 0 atom stereocenters. The molecule has 0 saturated heterocycles. The summed E-state index contributed by atoms with van der Waals surface area (Å²) in [5.41, 5.74) is 2.84. The molecule has 0 aliphatic carbocycles. The van der Waals surface area contributed by atoms with Gasteiger partial charge in [-0.1, -0.05) is 23.7 Å². The number of benzene rings is 2. The van der Waals surface area contributed by atoms with Gasteiger partial charge in [-0.15, -0.1) is 0 Å². The Balaban J connectivity index is 2.13. The summed E-state index contributed by atoms with van der Waals surface area (Å²) < 4.78 is 13.9. The second-order valence-corrected chi connectivity index (χ2v) is 5.36. The molecule has 1 N–H and O–H groups in total. The zero-order valence-electron chi connectivity index (χ0n) is 9.81. The Morgan fingerprint density at radius 1 is 1.28 bits per heavy atom. The van der Waals surface area contributed by atoms with Crippen LogP contribution in [0, 0.1) is 12.7 Å². The maximum absolute atomic E-state index is 13.4. The topological polar surface area (TPSA) is 12.0 Å². The van der Waals surface area contributed by atoms with Crippen molar-refractivity contribution >= 4 is 33.2 Å². The first-order valence-corrected chi connectivity index (χ1v) is 6.67. The molecule has 18 heavy (non-hydrogen) atoms. The van der Waals surface area contributed by atoms with Crippen LogP contribution in [0.1, 0.15) is 11.1 Å². The van der Waals surface area contributed by atoms with Crippen molar-refractivity contribution in [2.75, 3.05) is 5.32 Å². The first-order chi connectivity index (χ1) is 8.56. The van der Waals surface area contributed by atoms with Crippen LogP contribution in [-0.2, 0) is 6.54 Å². The van der Waals surface area contributed by atoms with Crippen molar-refractivity contribution < 1.29 is 4.39 Å². The molecule has 0 amide bonds. The molecule has 0 saturated carbocycles. The predicted octanol–water partition coefficient (Wildman–Crippen LogP) is 5.16. The van der Waals surface area contributed by atoms with Gasteiger partial charge in [0.25, 0.3) is 0 Å². The summed E-state index contributed by atoms with van der Waals surface area (Å²) in [6.45, 7) is 2.55. The average Bonchev–Trinajstić information content (AvgIpc) is 2.32. The van der Waals surface area contributed by atoms with Crippen LogP contribution in [0.4, 0.5) is 10.1 Å². The molecule has 0 bridgehead atoms. The van der Waals surface area contributed by atoms with Crippen molar-refractivity contribution in [3.63, 3.8) is 0 Å². The third kappa shape index (κ3) is 3.24. The number of hydrogen-bond acceptors (Lipinski definition) is 1. The van der Waals surface area contributed by atoms with Gasteiger partial charge in [0.15, 0.2) is 0 Å². The van der Waals surface area contributed by atoms with Crippen LogP contribution in [0.3, 0.4) is 0 Å². The fourth-order valence-corrected chi connectivity index (χ4v) is 2.35. The van der Waals surface area contributed by atoms with Gasteiger partial charge in [-0.25, -0.2) is 4.39 Å². The summed E-state index contributed by atoms with van der Waals surface area (Å²) in [7, 11) is 0. The van der Waals surface area contributed by atoms with Gasteiger partial charge in [0.2, 0.25) is 0 Å². The van der Waals surface area contributed by atoms with E-state index in [1.165, 1.54) is 6.07 Å². The molecule has 0 unspecified atom stereocenters. The van der Waals surface area contributed by atoms with Gasteiger partial charge in [-0.2, -0.15) is 0 Å². The quantitative estimate of drug-likeness (QED) is 0.820. The SMILES string of the molecule is Cc1cc(Br)c(F)cc1NCc1cccc(Cl)c1. The van der Waals surface area contributed by atoms with E-state index in [0.29, 0.717) is 16.0 Å². The molecule has 0 radical (unpaired) electrons. The average molecular weight is 329 g/mol. The molecule has 0 aliphatic heterocycles. The number of nitrogens with one attached hydrogen (secondary N) is 1. The van der Waals surface area contributed by atoms with Crippen LogP contribution in [-0.4, -0.2) is 0 Å². The van der Waals surface area contributed by atoms with Gasteiger partial charge in [0.05, 0.1) is 4.47 Å². The zero-order chi connectivity index (χ0) is 13.1. The number of halogens is 3. The molecule has 2 aromatic carbocycles. The van der Waals surface area contributed by atoms with E-state index in [4.69, 9.17) is 11.6 Å². The van der Waals surface area contributed by atoms with Crippen molar-refractivity contribution in [2.24, 2.45) is 0 Å². The van der Waals surface area contributed by atoms with E-state index in [2.05, 4.69) is 21.2 Å². The Morgan fingerprint density at radius 2 is 2.06 bits per heavy atom. The third-order valence-corrected chi connectivity index (χ3v) is 3.48. The normalized spacial score (nSPS) is 10.4. The Hall–Kier alpha value is -1.06. The lowest BCUT2D eigenvalue weighted by Crippen LogP contribution is -2.01. The predicted molar refractivity (Wildman–Crippen MR) is 77.6 cm³/mol. The van der Waals surface area contributed by atoms with Crippen LogP contribution in [0.25, 0.3) is 0 Å². The molecule has 0 heterocycles. The summed E-state index contributed by atoms with van der Waals surface area (Å²) in [4.78, 5) is 0. The lowest BCUT2D eigenvalue weighted by atomic mass is 10.1. The highest BCUT2D eigenvalue weighted by Gasteiger charge is 2.05. The lowest BCUT2D eigenvalue weighted by Gasteiger charge is -2.11. The fraction of sp³-hybridized carbons (Fsp3) is 0.143. The number of hydrogen-bond donors (Lipinski definition) is 1. The number of aryl methyl sites for hydroxylation is 1. The molecule has 0 aromatic heterocycles. The lowest BCUT2D eigenvalue weighted by molar-refractivity contribution is 0.621. The summed E-state index contributed by atoms with van der Waals surface area (Å²) >= 11 is 9.08. The van der Waals surface area contributed by atoms with E-state index in [1.807, 2.05) is 31.2 Å². The third-order valence-electron chi connectivity index (χ3n) is 2.64. The van der Waals surface area contributed by atoms with Gasteiger partial charge in [0, 0.05) is 17.3 Å². The fourth-order valence-electron chi connectivity index (χ4n) is 1.68. The molecular formula is C14H12BrClFN. The van der Waals surface area contributed by atoms with Crippen molar-refractivity contribution in [1.29, 1.82) is 0 Å². The van der Waals surface area contributed by atoms with E-state index in [0.717, 1.165) is 16.8 Å². The van der Waals surface area contributed by atoms with Gasteiger partial charge in [-0.3, -0.25) is 0 Å². The molecule has 94 valence electrons. The minimum absolute atomic E-state index is 0.269. The van der Waals surface area contributed by atoms with Crippen LogP contribution >= 0.6 is 27.5 Å². The molecule has 4 heteroatoms. The van der Waals surface area contributed by atoms with Gasteiger partial charge < -0.3 is 5.32 Å². The zero-order valence-corrected chi connectivity index (χ0v) is 12.1. The summed E-state index contributed by atoms with van der Waals surface area (Å²) in [6, 6.07) is 10.8. The molecule has 0 fully saturated rings. The van der Waals surface area contributed by atoms with Gasteiger partial charge in [-0.05, 0) is 58.2 Å². The summed E-state index contributed by atoms with van der Waals surface area (Å²) in [5, 5.41) is 3.91. The van der Waals surface area contributed by atoms with Crippen molar-refractivity contribution in [2.45, 2.75) is 13.5 Å². The minimum atomic E-state index is -0.269. The minimum Gasteiger partial charge on any atom is -0.381 e. The van der Waals surface area contributed by atoms with Gasteiger partial charge in [0.1, 0.15) is 5.82 Å². The van der Waals surface area contributed by atoms with Crippen LogP contribution < -0.4 is 5.32 Å². The standard InChI is InChI=1S/C14H12BrClFN/c1-9-5-12(15)13(17)7-14(9)18-8-10-3-2-4-11(16)6-10/h2-7,18H,8H2,1H3. The molecule has 2 rings (SSSR count). The highest BCUT2D eigenvalue weighted by molar-refractivity contribution is 9.10. The monoisotopic (exact) mass is 327 g/mol. The molecular weight excluding hydrogens is 317 g/mol. The largest absolute Gasteiger partial charge is 0.381 e. The maximum Gasteiger partial charge on any atom is 0.139 e. The Kier molecular flexibility index (Phi) is 4.25. The van der Waals surface area contributed by atoms with E-state index >= 15 is 0 Å². The second kappa shape index (κ2) is 5.72. The van der Waals surface area contributed by atoms with Crippen molar-refractivity contribution in [3.05, 3.63) is 62.8 Å². The highest BCUT2D eigenvalue weighted by atomic mass is 79.9. The number of rotatable bonds is 3. The van der Waals surface area contributed by atoms with Crippen molar-refractivity contribution in [3.8, 4) is 0 Å². The van der Waals surface area contributed by atoms with Crippen LogP contribution in [0.15, 0.2) is 40.9 Å². The highest BCUT2D eigenvalue weighted by Crippen LogP contribution is 2.24. The summed E-state index contributed by atoms with van der Waals surface area (Å²) in [5.74, 6) is -0.269. The Bertz CT molecular complexity index is 572. The number of anilines is 1. The molecule has 0 spiro atoms. The molecule has 0 aliphatic rings. The van der Waals surface area contributed by atoms with Gasteiger partial charge >= 0.3 is 0 Å². The molecule has 2 aromatic rings. The smallest absolute Gasteiger partial charge is 0.139 e.